The number of hydrogen-bond donors (Lipinski definition) is 1. The smallest absolute Gasteiger partial charge is 0.272 e. The third-order valence-corrected chi connectivity index (χ3v) is 7.91. The van der Waals surface area contributed by atoms with Gasteiger partial charge in [-0.25, -0.2) is 19.3 Å². The summed E-state index contributed by atoms with van der Waals surface area (Å²) in [6.07, 6.45) is 3.35. The highest BCUT2D eigenvalue weighted by Crippen LogP contribution is 2.48. The molecule has 37 heavy (non-hydrogen) atoms. The number of nitrogens with two attached hydrogens (primary N) is 1. The van der Waals surface area contributed by atoms with Gasteiger partial charge in [0.2, 0.25) is 0 Å². The van der Waals surface area contributed by atoms with Crippen molar-refractivity contribution < 1.29 is 23.0 Å². The third-order valence-electron chi connectivity index (χ3n) is 5.83. The van der Waals surface area contributed by atoms with Crippen molar-refractivity contribution in [2.75, 3.05) is 24.9 Å². The van der Waals surface area contributed by atoms with Gasteiger partial charge in [-0.1, -0.05) is 24.3 Å². The number of halogens is 1. The number of imidazole rings is 1. The first-order valence-electron chi connectivity index (χ1n) is 12.0. The summed E-state index contributed by atoms with van der Waals surface area (Å²) in [6, 6.07) is 13.5. The first-order valence-corrected chi connectivity index (χ1v) is 14.0. The van der Waals surface area contributed by atoms with Crippen LogP contribution in [0.2, 0.25) is 0 Å². The standard InChI is InChI=1S/C26H31FN5O4P/c1-19-6-3-4-7-21(19)15-34-12-5-13-37(33,36-23-10-8-22(27)9-11-23)18-35-20(2)14-32-17-31-24-25(28)29-16-30-26(24)32/h3-4,6-11,16-17,20H,5,12-15,18H2,1-2H3,(H2,28,29,30)/t20-,37?/m1/s1. The number of aromatic nitrogens is 4. The molecular weight excluding hydrogens is 496 g/mol. The Morgan fingerprint density at radius 2 is 1.89 bits per heavy atom. The number of aryl methyl sites for hydroxylation is 1. The Morgan fingerprint density at radius 3 is 2.68 bits per heavy atom. The maximum atomic E-state index is 13.8. The van der Waals surface area contributed by atoms with Gasteiger partial charge in [0.25, 0.3) is 7.37 Å². The van der Waals surface area contributed by atoms with E-state index in [1.807, 2.05) is 42.7 Å². The van der Waals surface area contributed by atoms with Crippen LogP contribution >= 0.6 is 7.37 Å². The Hall–Kier alpha value is -3.33. The molecule has 0 saturated carbocycles. The average Bonchev–Trinajstić information content (AvgIpc) is 3.29. The van der Waals surface area contributed by atoms with Crippen LogP contribution in [0.1, 0.15) is 24.5 Å². The molecule has 9 nitrogen and oxygen atoms in total. The molecular formula is C26H31FN5O4P. The van der Waals surface area contributed by atoms with Gasteiger partial charge >= 0.3 is 0 Å². The van der Waals surface area contributed by atoms with E-state index >= 15 is 0 Å². The molecule has 0 radical (unpaired) electrons. The van der Waals surface area contributed by atoms with E-state index in [-0.39, 0.29) is 18.6 Å². The highest BCUT2D eigenvalue weighted by atomic mass is 31.2. The van der Waals surface area contributed by atoms with Crippen molar-refractivity contribution >= 4 is 24.4 Å². The Kier molecular flexibility index (Phi) is 8.87. The molecule has 0 saturated heterocycles. The van der Waals surface area contributed by atoms with Crippen LogP contribution in [-0.2, 0) is 27.2 Å². The van der Waals surface area contributed by atoms with Crippen LogP contribution in [0, 0.1) is 12.7 Å². The Balaban J connectivity index is 1.35. The fraction of sp³-hybridized carbons (Fsp3) is 0.346. The molecule has 4 rings (SSSR count). The van der Waals surface area contributed by atoms with Crippen molar-refractivity contribution in [2.45, 2.75) is 39.5 Å². The van der Waals surface area contributed by atoms with Crippen LogP contribution in [0.25, 0.3) is 11.2 Å². The average molecular weight is 528 g/mol. The molecule has 2 heterocycles. The zero-order chi connectivity index (χ0) is 26.3. The van der Waals surface area contributed by atoms with Crippen LogP contribution in [0.3, 0.4) is 0 Å². The van der Waals surface area contributed by atoms with E-state index in [1.54, 1.807) is 6.33 Å². The summed E-state index contributed by atoms with van der Waals surface area (Å²) in [5.74, 6) is 0.238. The lowest BCUT2D eigenvalue weighted by molar-refractivity contribution is 0.0824. The van der Waals surface area contributed by atoms with Gasteiger partial charge in [-0.15, -0.1) is 0 Å². The topological polar surface area (TPSA) is 114 Å². The molecule has 0 bridgehead atoms. The molecule has 0 amide bonds. The van der Waals surface area contributed by atoms with Crippen molar-refractivity contribution in [3.63, 3.8) is 0 Å². The van der Waals surface area contributed by atoms with Crippen LogP contribution in [0.15, 0.2) is 61.2 Å². The molecule has 0 fully saturated rings. The van der Waals surface area contributed by atoms with Crippen molar-refractivity contribution in [3.05, 3.63) is 78.1 Å². The maximum absolute atomic E-state index is 13.8. The Labute approximate surface area is 215 Å². The van der Waals surface area contributed by atoms with Gasteiger partial charge in [-0.2, -0.15) is 0 Å². The predicted molar refractivity (Wildman–Crippen MR) is 140 cm³/mol. The summed E-state index contributed by atoms with van der Waals surface area (Å²) in [6.45, 7) is 5.22. The number of anilines is 1. The summed E-state index contributed by atoms with van der Waals surface area (Å²) >= 11 is 0. The van der Waals surface area contributed by atoms with Gasteiger partial charge in [0.1, 0.15) is 29.8 Å². The van der Waals surface area contributed by atoms with Gasteiger partial charge < -0.3 is 24.3 Å². The molecule has 0 spiro atoms. The minimum Gasteiger partial charge on any atom is -0.441 e. The first-order chi connectivity index (χ1) is 17.8. The number of nitrogen functional groups attached to an aromatic ring is 1. The number of fused-ring (bicyclic) bond motifs is 1. The number of nitrogens with zero attached hydrogens (tertiary/aromatic N) is 4. The van der Waals surface area contributed by atoms with Gasteiger partial charge in [0.05, 0.1) is 25.6 Å². The predicted octanol–water partition coefficient (Wildman–Crippen LogP) is 5.18. The van der Waals surface area contributed by atoms with E-state index in [9.17, 15) is 8.96 Å². The number of rotatable bonds is 13. The molecule has 11 heteroatoms. The third kappa shape index (κ3) is 7.35. The number of benzene rings is 2. The molecule has 2 aromatic carbocycles. The van der Waals surface area contributed by atoms with Crippen molar-refractivity contribution in [2.24, 2.45) is 0 Å². The monoisotopic (exact) mass is 527 g/mol. The van der Waals surface area contributed by atoms with Crippen molar-refractivity contribution in [1.82, 2.24) is 19.5 Å². The van der Waals surface area contributed by atoms with Crippen LogP contribution in [-0.4, -0.2) is 44.7 Å². The maximum Gasteiger partial charge on any atom is 0.272 e. The molecule has 2 atom stereocenters. The summed E-state index contributed by atoms with van der Waals surface area (Å²) in [7, 11) is -3.27. The summed E-state index contributed by atoms with van der Waals surface area (Å²) in [4.78, 5) is 12.5. The molecule has 0 aliphatic heterocycles. The lowest BCUT2D eigenvalue weighted by Crippen LogP contribution is -2.19. The lowest BCUT2D eigenvalue weighted by Gasteiger charge is -2.22. The Morgan fingerprint density at radius 1 is 1.11 bits per heavy atom. The number of ether oxygens (including phenoxy) is 2. The molecule has 0 aliphatic carbocycles. The normalized spacial score (nSPS) is 13.9. The van der Waals surface area contributed by atoms with Gasteiger partial charge in [0, 0.05) is 12.8 Å². The molecule has 2 aromatic heterocycles. The minimum atomic E-state index is -3.27. The molecule has 4 aromatic rings. The van der Waals surface area contributed by atoms with E-state index in [1.165, 1.54) is 30.6 Å². The van der Waals surface area contributed by atoms with Crippen LogP contribution in [0.5, 0.6) is 5.75 Å². The van der Waals surface area contributed by atoms with Crippen LogP contribution in [0.4, 0.5) is 10.2 Å². The van der Waals surface area contributed by atoms with Gasteiger partial charge in [-0.05, 0) is 55.7 Å². The largest absolute Gasteiger partial charge is 0.441 e. The molecule has 0 aliphatic rings. The fourth-order valence-electron chi connectivity index (χ4n) is 3.79. The second-order valence-corrected chi connectivity index (χ2v) is 11.4. The lowest BCUT2D eigenvalue weighted by atomic mass is 10.1. The second-order valence-electron chi connectivity index (χ2n) is 8.85. The van der Waals surface area contributed by atoms with E-state index in [0.717, 1.165) is 11.1 Å². The van der Waals surface area contributed by atoms with Crippen molar-refractivity contribution in [1.29, 1.82) is 0 Å². The molecule has 2 N–H and O–H groups in total. The van der Waals surface area contributed by atoms with Crippen LogP contribution < -0.4 is 10.3 Å². The van der Waals surface area contributed by atoms with E-state index in [2.05, 4.69) is 15.0 Å². The molecule has 196 valence electrons. The summed E-state index contributed by atoms with van der Waals surface area (Å²) < 4.78 is 46.6. The number of hydrogen-bond acceptors (Lipinski definition) is 8. The van der Waals surface area contributed by atoms with E-state index < -0.39 is 13.2 Å². The zero-order valence-electron chi connectivity index (χ0n) is 20.9. The van der Waals surface area contributed by atoms with Crippen molar-refractivity contribution in [3.8, 4) is 5.75 Å². The van der Waals surface area contributed by atoms with E-state index in [0.29, 0.717) is 48.9 Å². The second kappa shape index (κ2) is 12.3. The Bertz CT molecular complexity index is 1360. The van der Waals surface area contributed by atoms with Gasteiger partial charge in [-0.3, -0.25) is 4.57 Å². The first kappa shape index (κ1) is 26.7. The van der Waals surface area contributed by atoms with Gasteiger partial charge in [0.15, 0.2) is 11.5 Å². The highest BCUT2D eigenvalue weighted by Gasteiger charge is 2.26. The zero-order valence-corrected chi connectivity index (χ0v) is 21.8. The minimum absolute atomic E-state index is 0.104. The quantitative estimate of drug-likeness (QED) is 0.187. The van der Waals surface area contributed by atoms with E-state index in [4.69, 9.17) is 19.7 Å². The summed E-state index contributed by atoms with van der Waals surface area (Å²) in [5.41, 5.74) is 9.26. The summed E-state index contributed by atoms with van der Waals surface area (Å²) in [5, 5.41) is 0. The molecule has 1 unspecified atom stereocenters. The highest BCUT2D eigenvalue weighted by molar-refractivity contribution is 7.59. The fourth-order valence-corrected chi connectivity index (χ4v) is 5.66. The SMILES string of the molecule is Cc1ccccc1COCCCP(=O)(CO[C@H](C)Cn1cnc2c(N)ncnc21)Oc1ccc(F)cc1.